The molecular formula is C8H8N4O. The number of carbonyl (C=O) groups is 1. The van der Waals surface area contributed by atoms with Crippen molar-refractivity contribution in [1.29, 1.82) is 0 Å². The summed E-state index contributed by atoms with van der Waals surface area (Å²) >= 11 is 0. The van der Waals surface area contributed by atoms with Crippen LogP contribution in [0.1, 0.15) is 5.56 Å². The van der Waals surface area contributed by atoms with Gasteiger partial charge in [-0.1, -0.05) is 12.1 Å². The fraction of sp³-hybridized carbons (Fsp3) is 0.125. The number of aryl methyl sites for hydroxylation is 1. The Morgan fingerprint density at radius 1 is 1.62 bits per heavy atom. The Bertz CT molecular complexity index is 368. The average molecular weight is 176 g/mol. The molecule has 0 saturated carbocycles. The van der Waals surface area contributed by atoms with E-state index in [2.05, 4.69) is 15.3 Å². The highest BCUT2D eigenvalue weighted by molar-refractivity contribution is 5.89. The molecule has 0 aliphatic carbocycles. The molecule has 0 atom stereocenters. The lowest BCUT2D eigenvalue weighted by Crippen LogP contribution is -2.04. The quantitative estimate of drug-likeness (QED) is 0.398. The topological polar surface area (TPSA) is 77.9 Å². The van der Waals surface area contributed by atoms with Crippen LogP contribution in [-0.2, 0) is 0 Å². The number of hydrogen-bond donors (Lipinski definition) is 1. The summed E-state index contributed by atoms with van der Waals surface area (Å²) in [6, 6.07) is 6.51. The van der Waals surface area contributed by atoms with Crippen LogP contribution < -0.4 is 5.32 Å². The predicted octanol–water partition coefficient (Wildman–Crippen LogP) is 2.84. The molecule has 0 bridgehead atoms. The third kappa shape index (κ3) is 2.84. The van der Waals surface area contributed by atoms with Crippen LogP contribution in [0, 0.1) is 6.92 Å². The average Bonchev–Trinajstić information content (AvgIpc) is 2.04. The zero-order valence-corrected chi connectivity index (χ0v) is 7.06. The van der Waals surface area contributed by atoms with Gasteiger partial charge in [0.15, 0.2) is 0 Å². The maximum atomic E-state index is 10.8. The number of anilines is 1. The van der Waals surface area contributed by atoms with Crippen LogP contribution in [-0.4, -0.2) is 6.03 Å². The van der Waals surface area contributed by atoms with Gasteiger partial charge in [0.25, 0.3) is 0 Å². The van der Waals surface area contributed by atoms with E-state index in [1.165, 1.54) is 0 Å². The summed E-state index contributed by atoms with van der Waals surface area (Å²) in [5, 5.41) is 5.30. The number of nitrogens with zero attached hydrogens (tertiary/aromatic N) is 3. The first-order chi connectivity index (χ1) is 6.22. The standard InChI is InChI=1S/C8H8N4O/c1-6-3-2-4-7(5-6)10-8(13)11-12-9/h2-5H,1H3,(H,10,13). The Morgan fingerprint density at radius 3 is 3.00 bits per heavy atom. The Kier molecular flexibility index (Phi) is 2.89. The Labute approximate surface area is 75.0 Å². The first-order valence-electron chi connectivity index (χ1n) is 3.65. The SMILES string of the molecule is Cc1cccc(NC(=O)N=[N+]=[N-])c1. The van der Waals surface area contributed by atoms with Gasteiger partial charge >= 0.3 is 6.03 Å². The van der Waals surface area contributed by atoms with Gasteiger partial charge in [0.05, 0.1) is 0 Å². The number of azide groups is 1. The zero-order chi connectivity index (χ0) is 9.68. The molecule has 66 valence electrons. The van der Waals surface area contributed by atoms with Crippen LogP contribution in [0.25, 0.3) is 10.4 Å². The minimum Gasteiger partial charge on any atom is -0.321 e. The van der Waals surface area contributed by atoms with Crippen LogP contribution in [0.5, 0.6) is 0 Å². The van der Waals surface area contributed by atoms with Crippen LogP contribution in [0.3, 0.4) is 0 Å². The molecule has 1 aromatic rings. The molecule has 13 heavy (non-hydrogen) atoms. The van der Waals surface area contributed by atoms with Crippen molar-refractivity contribution in [3.63, 3.8) is 0 Å². The summed E-state index contributed by atoms with van der Waals surface area (Å²) in [5.74, 6) is 0. The van der Waals surface area contributed by atoms with E-state index in [1.54, 1.807) is 18.2 Å². The molecule has 0 radical (unpaired) electrons. The lowest BCUT2D eigenvalue weighted by molar-refractivity contribution is 0.259. The number of urea groups is 1. The highest BCUT2D eigenvalue weighted by atomic mass is 16.2. The van der Waals surface area contributed by atoms with Gasteiger partial charge in [-0.25, -0.2) is 0 Å². The molecule has 1 aromatic carbocycles. The van der Waals surface area contributed by atoms with Crippen molar-refractivity contribution >= 4 is 11.7 Å². The van der Waals surface area contributed by atoms with Gasteiger partial charge in [0.1, 0.15) is 0 Å². The van der Waals surface area contributed by atoms with Gasteiger partial charge in [0.2, 0.25) is 0 Å². The highest BCUT2D eigenvalue weighted by Crippen LogP contribution is 2.09. The number of nitrogens with one attached hydrogen (secondary N) is 1. The molecule has 0 saturated heterocycles. The minimum absolute atomic E-state index is 0.623. The Balaban J connectivity index is 2.74. The maximum Gasteiger partial charge on any atom is 0.312 e. The molecule has 5 heteroatoms. The van der Waals surface area contributed by atoms with Crippen molar-refractivity contribution in [3.05, 3.63) is 40.3 Å². The summed E-state index contributed by atoms with van der Waals surface area (Å²) in [7, 11) is 0. The van der Waals surface area contributed by atoms with Crippen molar-refractivity contribution < 1.29 is 4.79 Å². The van der Waals surface area contributed by atoms with Gasteiger partial charge in [-0.3, -0.25) is 4.79 Å². The first kappa shape index (κ1) is 9.09. The second-order valence-corrected chi connectivity index (χ2v) is 2.49. The van der Waals surface area contributed by atoms with E-state index in [-0.39, 0.29) is 0 Å². The van der Waals surface area contributed by atoms with Crippen LogP contribution in [0.15, 0.2) is 29.4 Å². The third-order valence-corrected chi connectivity index (χ3v) is 1.40. The van der Waals surface area contributed by atoms with E-state index in [9.17, 15) is 4.79 Å². The lowest BCUT2D eigenvalue weighted by atomic mass is 10.2. The van der Waals surface area contributed by atoms with Crippen molar-refractivity contribution in [1.82, 2.24) is 0 Å². The third-order valence-electron chi connectivity index (χ3n) is 1.40. The maximum absolute atomic E-state index is 10.8. The molecule has 0 aliphatic rings. The zero-order valence-electron chi connectivity index (χ0n) is 7.06. The fourth-order valence-corrected chi connectivity index (χ4v) is 0.912. The highest BCUT2D eigenvalue weighted by Gasteiger charge is 1.97. The van der Waals surface area contributed by atoms with Gasteiger partial charge in [0, 0.05) is 15.7 Å². The lowest BCUT2D eigenvalue weighted by Gasteiger charge is -2.00. The molecule has 5 nitrogen and oxygen atoms in total. The molecule has 0 fully saturated rings. The molecule has 0 aliphatic heterocycles. The van der Waals surface area contributed by atoms with Gasteiger partial charge in [-0.2, -0.15) is 0 Å². The molecule has 1 rings (SSSR count). The number of carbonyl (C=O) groups excluding carboxylic acids is 1. The normalized spacial score (nSPS) is 8.69. The predicted molar refractivity (Wildman–Crippen MR) is 49.3 cm³/mol. The summed E-state index contributed by atoms with van der Waals surface area (Å²) in [5.41, 5.74) is 9.62. The van der Waals surface area contributed by atoms with E-state index < -0.39 is 6.03 Å². The van der Waals surface area contributed by atoms with Crippen molar-refractivity contribution in [2.24, 2.45) is 5.11 Å². The second kappa shape index (κ2) is 4.13. The number of rotatable bonds is 1. The number of benzene rings is 1. The molecular weight excluding hydrogens is 168 g/mol. The molecule has 0 heterocycles. The van der Waals surface area contributed by atoms with Crippen LogP contribution in [0.4, 0.5) is 10.5 Å². The monoisotopic (exact) mass is 176 g/mol. The fourth-order valence-electron chi connectivity index (χ4n) is 0.912. The van der Waals surface area contributed by atoms with E-state index >= 15 is 0 Å². The van der Waals surface area contributed by atoms with Crippen molar-refractivity contribution in [2.75, 3.05) is 5.32 Å². The molecule has 2 amide bonds. The summed E-state index contributed by atoms with van der Waals surface area (Å²) in [4.78, 5) is 13.2. The van der Waals surface area contributed by atoms with E-state index in [0.717, 1.165) is 5.56 Å². The van der Waals surface area contributed by atoms with Crippen molar-refractivity contribution in [2.45, 2.75) is 6.92 Å². The number of hydrogen-bond acceptors (Lipinski definition) is 1. The Hall–Kier alpha value is -2.00. The summed E-state index contributed by atoms with van der Waals surface area (Å²) in [6.45, 7) is 1.91. The van der Waals surface area contributed by atoms with E-state index in [1.807, 2.05) is 13.0 Å². The molecule has 0 spiro atoms. The van der Waals surface area contributed by atoms with Crippen molar-refractivity contribution in [3.8, 4) is 0 Å². The molecule has 0 aromatic heterocycles. The first-order valence-corrected chi connectivity index (χ1v) is 3.65. The largest absolute Gasteiger partial charge is 0.321 e. The summed E-state index contributed by atoms with van der Waals surface area (Å²) < 4.78 is 0. The van der Waals surface area contributed by atoms with E-state index in [0.29, 0.717) is 5.69 Å². The molecule has 0 unspecified atom stereocenters. The van der Waals surface area contributed by atoms with Crippen LogP contribution >= 0.6 is 0 Å². The second-order valence-electron chi connectivity index (χ2n) is 2.49. The smallest absolute Gasteiger partial charge is 0.312 e. The summed E-state index contributed by atoms with van der Waals surface area (Å²) in [6.07, 6.45) is 0. The minimum atomic E-state index is -0.701. The number of amides is 2. The van der Waals surface area contributed by atoms with Crippen LogP contribution in [0.2, 0.25) is 0 Å². The van der Waals surface area contributed by atoms with Gasteiger partial charge in [-0.05, 0) is 30.2 Å². The van der Waals surface area contributed by atoms with E-state index in [4.69, 9.17) is 5.53 Å². The van der Waals surface area contributed by atoms with Gasteiger partial charge in [-0.15, -0.1) is 0 Å². The van der Waals surface area contributed by atoms with Gasteiger partial charge < -0.3 is 5.32 Å². The molecule has 1 N–H and O–H groups in total. The Morgan fingerprint density at radius 2 is 2.38 bits per heavy atom.